The molecule has 1 aromatic heterocycles. The summed E-state index contributed by atoms with van der Waals surface area (Å²) in [4.78, 5) is 16.6. The van der Waals surface area contributed by atoms with Crippen molar-refractivity contribution in [3.63, 3.8) is 0 Å². The normalized spacial score (nSPS) is 21.2. The van der Waals surface area contributed by atoms with Gasteiger partial charge >= 0.3 is 6.03 Å². The first-order valence-electron chi connectivity index (χ1n) is 8.31. The van der Waals surface area contributed by atoms with E-state index in [4.69, 9.17) is 9.47 Å². The Labute approximate surface area is 145 Å². The number of nitrogens with zero attached hydrogens (tertiary/aromatic N) is 1. The molecule has 1 aliphatic carbocycles. The van der Waals surface area contributed by atoms with Gasteiger partial charge in [-0.1, -0.05) is 24.3 Å². The van der Waals surface area contributed by atoms with Gasteiger partial charge in [-0.05, 0) is 36.1 Å². The van der Waals surface area contributed by atoms with Gasteiger partial charge in [-0.25, -0.2) is 4.79 Å². The molecule has 25 heavy (non-hydrogen) atoms. The fourth-order valence-electron chi connectivity index (χ4n) is 3.21. The van der Waals surface area contributed by atoms with Gasteiger partial charge in [0, 0.05) is 0 Å². The number of aliphatic hydroxyl groups is 1. The van der Waals surface area contributed by atoms with E-state index in [0.29, 0.717) is 37.1 Å². The monoisotopic (exact) mass is 341 g/mol. The van der Waals surface area contributed by atoms with E-state index in [2.05, 4.69) is 15.6 Å². The molecule has 7 heteroatoms. The molecule has 2 amide bonds. The number of nitrogens with one attached hydrogen (secondary N) is 2. The van der Waals surface area contributed by atoms with Gasteiger partial charge in [0.05, 0.1) is 12.1 Å². The van der Waals surface area contributed by atoms with E-state index < -0.39 is 18.2 Å². The highest BCUT2D eigenvalue weighted by atomic mass is 16.6. The molecule has 2 aliphatic rings. The summed E-state index contributed by atoms with van der Waals surface area (Å²) in [6.07, 6.45) is 0.805. The minimum Gasteiger partial charge on any atom is -0.484 e. The summed E-state index contributed by atoms with van der Waals surface area (Å²) < 4.78 is 10.8. The SMILES string of the molecule is O=C(Nc1ccc2c(n1)OCCO2)N[C@H]1c2ccccc2CC[C@H]1O. The van der Waals surface area contributed by atoms with Gasteiger partial charge < -0.3 is 19.9 Å². The van der Waals surface area contributed by atoms with Crippen LogP contribution < -0.4 is 20.1 Å². The van der Waals surface area contributed by atoms with Gasteiger partial charge in [-0.15, -0.1) is 0 Å². The number of pyridine rings is 1. The molecule has 0 unspecified atom stereocenters. The number of rotatable bonds is 2. The highest BCUT2D eigenvalue weighted by Crippen LogP contribution is 2.31. The van der Waals surface area contributed by atoms with Crippen molar-refractivity contribution in [1.29, 1.82) is 0 Å². The van der Waals surface area contributed by atoms with Gasteiger partial charge in [0.2, 0.25) is 0 Å². The predicted molar refractivity (Wildman–Crippen MR) is 90.9 cm³/mol. The maximum absolute atomic E-state index is 12.4. The molecule has 0 saturated heterocycles. The van der Waals surface area contributed by atoms with Gasteiger partial charge in [0.25, 0.3) is 5.88 Å². The standard InChI is InChI=1S/C18H19N3O4/c22-13-6-5-11-3-1-2-4-12(11)16(13)21-18(23)20-15-8-7-14-17(19-15)25-10-9-24-14/h1-4,7-8,13,16,22H,5-6,9-10H2,(H2,19,20,21,23)/t13-,16+/m1/s1. The number of carbonyl (C=O) groups excluding carboxylic acids is 1. The van der Waals surface area contributed by atoms with E-state index in [1.54, 1.807) is 12.1 Å². The largest absolute Gasteiger partial charge is 0.484 e. The van der Waals surface area contributed by atoms with Crippen LogP contribution in [0.1, 0.15) is 23.6 Å². The van der Waals surface area contributed by atoms with Crippen LogP contribution in [0.4, 0.5) is 10.6 Å². The van der Waals surface area contributed by atoms with Crippen LogP contribution in [0.25, 0.3) is 0 Å². The number of ether oxygens (including phenoxy) is 2. The Morgan fingerprint density at radius 2 is 2.00 bits per heavy atom. The quantitative estimate of drug-likeness (QED) is 0.777. The zero-order chi connectivity index (χ0) is 17.2. The van der Waals surface area contributed by atoms with Crippen LogP contribution in [-0.2, 0) is 6.42 Å². The number of hydrogen-bond donors (Lipinski definition) is 3. The number of aliphatic hydroxyl groups excluding tert-OH is 1. The number of aryl methyl sites for hydroxylation is 1. The molecule has 0 fully saturated rings. The number of benzene rings is 1. The summed E-state index contributed by atoms with van der Waals surface area (Å²) in [5.74, 6) is 1.29. The minimum absolute atomic E-state index is 0.361. The predicted octanol–water partition coefficient (Wildman–Crippen LogP) is 2.02. The number of carbonyl (C=O) groups is 1. The van der Waals surface area contributed by atoms with Crippen molar-refractivity contribution in [2.24, 2.45) is 0 Å². The minimum atomic E-state index is -0.617. The fraction of sp³-hybridized carbons (Fsp3) is 0.333. The maximum atomic E-state index is 12.4. The highest BCUT2D eigenvalue weighted by Gasteiger charge is 2.29. The van der Waals surface area contributed by atoms with Crippen LogP contribution in [0.15, 0.2) is 36.4 Å². The first-order chi connectivity index (χ1) is 12.2. The Hall–Kier alpha value is -2.80. The third-order valence-electron chi connectivity index (χ3n) is 4.42. The van der Waals surface area contributed by atoms with Crippen molar-refractivity contribution in [1.82, 2.24) is 10.3 Å². The molecule has 2 atom stereocenters. The molecule has 1 aromatic carbocycles. The molecule has 0 radical (unpaired) electrons. The van der Waals surface area contributed by atoms with Crippen molar-refractivity contribution >= 4 is 11.8 Å². The molecular formula is C18H19N3O4. The average molecular weight is 341 g/mol. The summed E-state index contributed by atoms with van der Waals surface area (Å²) in [6.45, 7) is 0.918. The van der Waals surface area contributed by atoms with E-state index in [-0.39, 0.29) is 0 Å². The van der Waals surface area contributed by atoms with Gasteiger partial charge in [-0.3, -0.25) is 5.32 Å². The summed E-state index contributed by atoms with van der Waals surface area (Å²) in [7, 11) is 0. The molecule has 130 valence electrons. The smallest absolute Gasteiger partial charge is 0.320 e. The zero-order valence-electron chi connectivity index (χ0n) is 13.6. The van der Waals surface area contributed by atoms with Crippen molar-refractivity contribution in [3.05, 3.63) is 47.5 Å². The summed E-state index contributed by atoms with van der Waals surface area (Å²) in [5.41, 5.74) is 2.10. The van der Waals surface area contributed by atoms with E-state index in [0.717, 1.165) is 17.5 Å². The van der Waals surface area contributed by atoms with Crippen molar-refractivity contribution in [3.8, 4) is 11.6 Å². The molecular weight excluding hydrogens is 322 g/mol. The van der Waals surface area contributed by atoms with E-state index in [1.807, 2.05) is 24.3 Å². The second-order valence-electron chi connectivity index (χ2n) is 6.08. The van der Waals surface area contributed by atoms with Gasteiger partial charge in [0.15, 0.2) is 5.75 Å². The number of anilines is 1. The lowest BCUT2D eigenvalue weighted by atomic mass is 9.86. The van der Waals surface area contributed by atoms with Crippen LogP contribution >= 0.6 is 0 Å². The van der Waals surface area contributed by atoms with Crippen LogP contribution in [0.2, 0.25) is 0 Å². The summed E-state index contributed by atoms with van der Waals surface area (Å²) in [5, 5.41) is 15.8. The topological polar surface area (TPSA) is 92.7 Å². The number of hydrogen-bond acceptors (Lipinski definition) is 5. The Kier molecular flexibility index (Phi) is 4.15. The number of aromatic nitrogens is 1. The van der Waals surface area contributed by atoms with E-state index in [1.165, 1.54) is 0 Å². The van der Waals surface area contributed by atoms with Crippen LogP contribution in [-0.4, -0.2) is 35.4 Å². The second kappa shape index (κ2) is 6.60. The van der Waals surface area contributed by atoms with Crippen molar-refractivity contribution < 1.29 is 19.4 Å². The Morgan fingerprint density at radius 1 is 1.16 bits per heavy atom. The summed E-state index contributed by atoms with van der Waals surface area (Å²) >= 11 is 0. The molecule has 0 saturated carbocycles. The fourth-order valence-corrected chi connectivity index (χ4v) is 3.21. The Morgan fingerprint density at radius 3 is 2.92 bits per heavy atom. The number of amides is 2. The first kappa shape index (κ1) is 15.7. The molecule has 3 N–H and O–H groups in total. The van der Waals surface area contributed by atoms with Crippen LogP contribution in [0.3, 0.4) is 0 Å². The van der Waals surface area contributed by atoms with Gasteiger partial charge in [0.1, 0.15) is 19.0 Å². The molecule has 7 nitrogen and oxygen atoms in total. The lowest BCUT2D eigenvalue weighted by Crippen LogP contribution is -2.41. The van der Waals surface area contributed by atoms with E-state index >= 15 is 0 Å². The second-order valence-corrected chi connectivity index (χ2v) is 6.08. The van der Waals surface area contributed by atoms with Gasteiger partial charge in [-0.2, -0.15) is 4.98 Å². The third kappa shape index (κ3) is 3.23. The molecule has 2 heterocycles. The highest BCUT2D eigenvalue weighted by molar-refractivity contribution is 5.88. The molecule has 0 bridgehead atoms. The Bertz CT molecular complexity index is 796. The molecule has 2 aromatic rings. The Balaban J connectivity index is 1.47. The van der Waals surface area contributed by atoms with Crippen LogP contribution in [0, 0.1) is 0 Å². The lowest BCUT2D eigenvalue weighted by molar-refractivity contribution is 0.114. The molecule has 4 rings (SSSR count). The van der Waals surface area contributed by atoms with E-state index in [9.17, 15) is 9.90 Å². The third-order valence-corrected chi connectivity index (χ3v) is 4.42. The van der Waals surface area contributed by atoms with Crippen molar-refractivity contribution in [2.45, 2.75) is 25.0 Å². The lowest BCUT2D eigenvalue weighted by Gasteiger charge is -2.31. The maximum Gasteiger partial charge on any atom is 0.320 e. The van der Waals surface area contributed by atoms with Crippen LogP contribution in [0.5, 0.6) is 11.6 Å². The first-order valence-corrected chi connectivity index (χ1v) is 8.31. The zero-order valence-corrected chi connectivity index (χ0v) is 13.6. The molecule has 0 spiro atoms. The molecule has 1 aliphatic heterocycles. The van der Waals surface area contributed by atoms with Crippen molar-refractivity contribution in [2.75, 3.05) is 18.5 Å². The number of urea groups is 1. The average Bonchev–Trinajstić information content (AvgIpc) is 2.64. The number of fused-ring (bicyclic) bond motifs is 2. The summed E-state index contributed by atoms with van der Waals surface area (Å²) in [6, 6.07) is 10.3.